The van der Waals surface area contributed by atoms with E-state index in [4.69, 9.17) is 4.74 Å². The number of amides is 1. The topological polar surface area (TPSA) is 115 Å². The minimum atomic E-state index is -0.512. The summed E-state index contributed by atoms with van der Waals surface area (Å²) in [6, 6.07) is 13.0. The second-order valence-corrected chi connectivity index (χ2v) is 9.18. The number of nitrogens with one attached hydrogen (secondary N) is 1. The molecule has 11 heteroatoms. The molecule has 0 saturated carbocycles. The Morgan fingerprint density at radius 3 is 2.57 bits per heavy atom. The summed E-state index contributed by atoms with van der Waals surface area (Å²) in [5, 5.41) is 23.6. The molecule has 0 radical (unpaired) electrons. The number of aromatic nitrogens is 3. The van der Waals surface area contributed by atoms with Crippen LogP contribution < -0.4 is 10.1 Å². The van der Waals surface area contributed by atoms with E-state index >= 15 is 0 Å². The highest BCUT2D eigenvalue weighted by atomic mass is 32.2. The third kappa shape index (κ3) is 6.37. The van der Waals surface area contributed by atoms with Crippen LogP contribution in [0.5, 0.6) is 5.75 Å². The molecule has 0 aliphatic rings. The van der Waals surface area contributed by atoms with Gasteiger partial charge in [-0.25, -0.2) is 0 Å². The van der Waals surface area contributed by atoms with Crippen LogP contribution in [0.15, 0.2) is 47.6 Å². The predicted molar refractivity (Wildman–Crippen MR) is 136 cm³/mol. The van der Waals surface area contributed by atoms with Crippen molar-refractivity contribution in [3.63, 3.8) is 0 Å². The molecule has 0 bridgehead atoms. The fraction of sp³-hybridized carbons (Fsp3) is 0.375. The summed E-state index contributed by atoms with van der Waals surface area (Å²) in [7, 11) is 5.38. The number of methoxy groups -OCH3 is 1. The summed E-state index contributed by atoms with van der Waals surface area (Å²) in [6.45, 7) is 4.40. The first-order valence-electron chi connectivity index (χ1n) is 11.1. The van der Waals surface area contributed by atoms with Gasteiger partial charge in [-0.2, -0.15) is 0 Å². The van der Waals surface area contributed by atoms with Gasteiger partial charge in [0.1, 0.15) is 0 Å². The molecular weight excluding hydrogens is 468 g/mol. The summed E-state index contributed by atoms with van der Waals surface area (Å²) in [4.78, 5) is 25.6. The molecule has 1 amide bonds. The second kappa shape index (κ2) is 11.8. The van der Waals surface area contributed by atoms with Gasteiger partial charge >= 0.3 is 5.69 Å². The lowest BCUT2D eigenvalue weighted by molar-refractivity contribution is -0.385. The van der Waals surface area contributed by atoms with Crippen molar-refractivity contribution in [1.29, 1.82) is 0 Å². The van der Waals surface area contributed by atoms with Gasteiger partial charge in [0.25, 0.3) is 0 Å². The van der Waals surface area contributed by atoms with Gasteiger partial charge in [-0.15, -0.1) is 10.2 Å². The SMILES string of the molecule is CCC(c1nnc(SCC(=O)Nc2cc(OC)c([N+](=O)[O-])cc2C)n1Cc1ccccc1)N(C)C. The number of carbonyl (C=O) groups is 1. The number of nitrogens with zero attached hydrogens (tertiary/aromatic N) is 5. The van der Waals surface area contributed by atoms with Crippen molar-refractivity contribution in [3.05, 3.63) is 69.5 Å². The Kier molecular flexibility index (Phi) is 8.83. The minimum absolute atomic E-state index is 0.0876. The number of thioether (sulfide) groups is 1. The zero-order valence-corrected chi connectivity index (χ0v) is 21.3. The quantitative estimate of drug-likeness (QED) is 0.236. The molecule has 2 aromatic carbocycles. The number of hydrogen-bond acceptors (Lipinski definition) is 8. The number of benzene rings is 2. The van der Waals surface area contributed by atoms with Gasteiger partial charge in [0.05, 0.1) is 30.4 Å². The van der Waals surface area contributed by atoms with E-state index in [1.165, 1.54) is 31.0 Å². The smallest absolute Gasteiger partial charge is 0.311 e. The summed E-state index contributed by atoms with van der Waals surface area (Å²) in [5.74, 6) is 0.777. The third-order valence-corrected chi connectivity index (χ3v) is 6.53. The largest absolute Gasteiger partial charge is 0.490 e. The molecule has 0 aliphatic carbocycles. The highest BCUT2D eigenvalue weighted by Crippen LogP contribution is 2.33. The van der Waals surface area contributed by atoms with Crippen molar-refractivity contribution in [1.82, 2.24) is 19.7 Å². The van der Waals surface area contributed by atoms with Crippen LogP contribution >= 0.6 is 11.8 Å². The molecule has 186 valence electrons. The summed E-state index contributed by atoms with van der Waals surface area (Å²) >= 11 is 1.30. The van der Waals surface area contributed by atoms with Gasteiger partial charge in [0.2, 0.25) is 5.91 Å². The summed E-state index contributed by atoms with van der Waals surface area (Å²) in [6.07, 6.45) is 0.867. The van der Waals surface area contributed by atoms with E-state index in [1.54, 1.807) is 6.92 Å². The van der Waals surface area contributed by atoms with E-state index in [1.807, 2.05) is 44.4 Å². The van der Waals surface area contributed by atoms with Crippen LogP contribution in [0.4, 0.5) is 11.4 Å². The fourth-order valence-electron chi connectivity index (χ4n) is 3.78. The molecule has 3 rings (SSSR count). The van der Waals surface area contributed by atoms with Crippen LogP contribution in [-0.4, -0.2) is 57.5 Å². The Morgan fingerprint density at radius 2 is 1.97 bits per heavy atom. The first-order chi connectivity index (χ1) is 16.7. The standard InChI is InChI=1S/C24H30N6O4S/c1-6-19(28(3)4)23-26-27-24(29(23)14-17-10-8-7-9-11-17)35-15-22(31)25-18-13-21(34-5)20(30(32)33)12-16(18)2/h7-13,19H,6,14-15H2,1-5H3,(H,25,31). The van der Waals surface area contributed by atoms with E-state index in [0.29, 0.717) is 23.0 Å². The molecule has 1 aromatic heterocycles. The van der Waals surface area contributed by atoms with Gasteiger partial charge in [0.15, 0.2) is 16.7 Å². The molecule has 0 fully saturated rings. The van der Waals surface area contributed by atoms with E-state index in [9.17, 15) is 14.9 Å². The first-order valence-corrected chi connectivity index (χ1v) is 12.1. The van der Waals surface area contributed by atoms with Crippen molar-refractivity contribution in [2.24, 2.45) is 0 Å². The monoisotopic (exact) mass is 498 g/mol. The van der Waals surface area contributed by atoms with E-state index in [0.717, 1.165) is 17.8 Å². The Morgan fingerprint density at radius 1 is 1.26 bits per heavy atom. The molecule has 1 heterocycles. The number of nitro groups is 1. The Labute approximate surface area is 208 Å². The van der Waals surface area contributed by atoms with Crippen LogP contribution in [0.1, 0.15) is 36.3 Å². The van der Waals surface area contributed by atoms with Gasteiger partial charge < -0.3 is 14.6 Å². The molecule has 10 nitrogen and oxygen atoms in total. The van der Waals surface area contributed by atoms with Crippen LogP contribution in [0.2, 0.25) is 0 Å². The number of anilines is 1. The van der Waals surface area contributed by atoms with E-state index in [2.05, 4.69) is 31.9 Å². The number of nitro benzene ring substituents is 1. The first kappa shape index (κ1) is 26.2. The van der Waals surface area contributed by atoms with Crippen LogP contribution in [0.3, 0.4) is 0 Å². The lowest BCUT2D eigenvalue weighted by Gasteiger charge is -2.23. The Hall–Kier alpha value is -3.44. The van der Waals surface area contributed by atoms with Crippen LogP contribution in [0, 0.1) is 17.0 Å². The predicted octanol–water partition coefficient (Wildman–Crippen LogP) is 4.30. The van der Waals surface area contributed by atoms with Crippen molar-refractivity contribution in [3.8, 4) is 5.75 Å². The zero-order chi connectivity index (χ0) is 25.5. The lowest BCUT2D eigenvalue weighted by atomic mass is 10.1. The number of rotatable bonds is 11. The van der Waals surface area contributed by atoms with Gasteiger partial charge in [-0.1, -0.05) is 49.0 Å². The van der Waals surface area contributed by atoms with Gasteiger partial charge in [-0.3, -0.25) is 19.8 Å². The second-order valence-electron chi connectivity index (χ2n) is 8.23. The Bertz CT molecular complexity index is 1180. The normalized spacial score (nSPS) is 11.9. The maximum Gasteiger partial charge on any atom is 0.311 e. The molecular formula is C24H30N6O4S. The Balaban J connectivity index is 1.79. The van der Waals surface area contributed by atoms with Crippen molar-refractivity contribution >= 4 is 29.0 Å². The number of ether oxygens (including phenoxy) is 1. The molecule has 35 heavy (non-hydrogen) atoms. The van der Waals surface area contributed by atoms with Gasteiger partial charge in [0, 0.05) is 17.8 Å². The number of hydrogen-bond donors (Lipinski definition) is 1. The fourth-order valence-corrected chi connectivity index (χ4v) is 4.52. The third-order valence-electron chi connectivity index (χ3n) is 5.57. The van der Waals surface area contributed by atoms with Crippen molar-refractivity contribution in [2.45, 2.75) is 38.0 Å². The zero-order valence-electron chi connectivity index (χ0n) is 20.5. The van der Waals surface area contributed by atoms with Crippen molar-refractivity contribution in [2.75, 3.05) is 32.3 Å². The molecule has 3 aromatic rings. The number of aryl methyl sites for hydroxylation is 1. The van der Waals surface area contributed by atoms with Crippen LogP contribution in [-0.2, 0) is 11.3 Å². The minimum Gasteiger partial charge on any atom is -0.490 e. The average molecular weight is 499 g/mol. The highest BCUT2D eigenvalue weighted by molar-refractivity contribution is 7.99. The maximum absolute atomic E-state index is 12.8. The molecule has 0 saturated heterocycles. The number of carbonyl (C=O) groups excluding carboxylic acids is 1. The maximum atomic E-state index is 12.8. The molecule has 1 N–H and O–H groups in total. The molecule has 1 atom stereocenters. The summed E-state index contributed by atoms with van der Waals surface area (Å²) < 4.78 is 7.17. The average Bonchev–Trinajstić information content (AvgIpc) is 3.21. The lowest BCUT2D eigenvalue weighted by Crippen LogP contribution is -2.23. The molecule has 0 spiro atoms. The molecule has 1 unspecified atom stereocenters. The highest BCUT2D eigenvalue weighted by Gasteiger charge is 2.23. The van der Waals surface area contributed by atoms with Crippen molar-refractivity contribution < 1.29 is 14.5 Å². The van der Waals surface area contributed by atoms with Gasteiger partial charge in [-0.05, 0) is 38.6 Å². The summed E-state index contributed by atoms with van der Waals surface area (Å²) in [5.41, 5.74) is 2.00. The van der Waals surface area contributed by atoms with E-state index in [-0.39, 0.29) is 29.1 Å². The van der Waals surface area contributed by atoms with E-state index < -0.39 is 4.92 Å². The molecule has 0 aliphatic heterocycles. The van der Waals surface area contributed by atoms with Crippen LogP contribution in [0.25, 0.3) is 0 Å².